The molecule has 0 spiro atoms. The number of hydrogen-bond donors (Lipinski definition) is 1. The minimum atomic E-state index is -3.33. The molecule has 0 fully saturated rings. The van der Waals surface area contributed by atoms with Gasteiger partial charge >= 0.3 is 0 Å². The maximum atomic E-state index is 11.8. The van der Waals surface area contributed by atoms with Gasteiger partial charge in [0.25, 0.3) is 10.0 Å². The highest BCUT2D eigenvalue weighted by Gasteiger charge is 2.27. The lowest BCUT2D eigenvalue weighted by Crippen LogP contribution is -2.05. The van der Waals surface area contributed by atoms with Crippen molar-refractivity contribution in [3.63, 3.8) is 0 Å². The molecule has 1 heterocycles. The molecule has 1 aliphatic rings. The third kappa shape index (κ3) is 1.10. The van der Waals surface area contributed by atoms with E-state index in [1.807, 2.05) is 18.2 Å². The lowest BCUT2D eigenvalue weighted by molar-refractivity contribution is 0.603. The molecule has 0 unspecified atom stereocenters. The van der Waals surface area contributed by atoms with Crippen LogP contribution in [0.1, 0.15) is 12.5 Å². The lowest BCUT2D eigenvalue weighted by Gasteiger charge is -2.04. The van der Waals surface area contributed by atoms with Crippen LogP contribution in [0, 0.1) is 0 Å². The van der Waals surface area contributed by atoms with Crippen molar-refractivity contribution in [2.75, 3.05) is 4.72 Å². The molecule has 0 radical (unpaired) electrons. The predicted octanol–water partition coefficient (Wildman–Crippen LogP) is 2.52. The van der Waals surface area contributed by atoms with E-state index in [-0.39, 0.29) is 0 Å². The fraction of sp³-hybridized carbons (Fsp3) is 0.167. The third-order valence-electron chi connectivity index (χ3n) is 3.01. The summed E-state index contributed by atoms with van der Waals surface area (Å²) >= 11 is 0. The zero-order chi connectivity index (χ0) is 11.3. The Balaban J connectivity index is 2.55. The largest absolute Gasteiger partial charge is 0.279 e. The molecule has 0 amide bonds. The standard InChI is InChI=1S/C12H11NO2S/c1-2-8-6-7-11-12-9(8)4-3-5-10(12)13-16(11,14)15/h3-7,13H,2H2,1H3. The Morgan fingerprint density at radius 1 is 1.19 bits per heavy atom. The average molecular weight is 233 g/mol. The van der Waals surface area contributed by atoms with E-state index in [1.165, 1.54) is 5.56 Å². The van der Waals surface area contributed by atoms with Gasteiger partial charge in [0.15, 0.2) is 0 Å². The summed E-state index contributed by atoms with van der Waals surface area (Å²) in [7, 11) is -3.33. The van der Waals surface area contributed by atoms with Gasteiger partial charge in [-0.15, -0.1) is 0 Å². The molecule has 0 aliphatic carbocycles. The van der Waals surface area contributed by atoms with Crippen molar-refractivity contribution in [3.8, 4) is 0 Å². The van der Waals surface area contributed by atoms with Gasteiger partial charge in [-0.1, -0.05) is 25.1 Å². The molecule has 0 saturated carbocycles. The summed E-state index contributed by atoms with van der Waals surface area (Å²) in [5.41, 5.74) is 1.88. The quantitative estimate of drug-likeness (QED) is 0.822. The van der Waals surface area contributed by atoms with Crippen LogP contribution in [-0.2, 0) is 16.4 Å². The van der Waals surface area contributed by atoms with Crippen LogP contribution < -0.4 is 4.72 Å². The van der Waals surface area contributed by atoms with Gasteiger partial charge in [-0.3, -0.25) is 4.72 Å². The molecule has 3 nitrogen and oxygen atoms in total. The Hall–Kier alpha value is -1.55. The number of rotatable bonds is 1. The molecule has 0 saturated heterocycles. The van der Waals surface area contributed by atoms with Crippen LogP contribution in [0.5, 0.6) is 0 Å². The first-order valence-corrected chi connectivity index (χ1v) is 6.69. The van der Waals surface area contributed by atoms with E-state index in [4.69, 9.17) is 0 Å². The van der Waals surface area contributed by atoms with Crippen molar-refractivity contribution >= 4 is 26.5 Å². The number of sulfonamides is 1. The Bertz CT molecular complexity index is 689. The summed E-state index contributed by atoms with van der Waals surface area (Å²) in [6.45, 7) is 2.07. The lowest BCUT2D eigenvalue weighted by atomic mass is 10.0. The zero-order valence-corrected chi connectivity index (χ0v) is 9.64. The smallest absolute Gasteiger partial charge is 0.262 e. The molecule has 0 aromatic heterocycles. The van der Waals surface area contributed by atoms with Crippen LogP contribution in [0.3, 0.4) is 0 Å². The molecule has 82 valence electrons. The van der Waals surface area contributed by atoms with E-state index in [2.05, 4.69) is 11.6 Å². The minimum absolute atomic E-state index is 0.398. The number of benzene rings is 2. The zero-order valence-electron chi connectivity index (χ0n) is 8.82. The highest BCUT2D eigenvalue weighted by molar-refractivity contribution is 7.93. The van der Waals surface area contributed by atoms with Crippen LogP contribution in [0.15, 0.2) is 35.2 Å². The number of nitrogens with one attached hydrogen (secondary N) is 1. The van der Waals surface area contributed by atoms with Crippen molar-refractivity contribution in [3.05, 3.63) is 35.9 Å². The van der Waals surface area contributed by atoms with E-state index in [0.29, 0.717) is 10.6 Å². The van der Waals surface area contributed by atoms with Gasteiger partial charge in [0, 0.05) is 5.39 Å². The fourth-order valence-corrected chi connectivity index (χ4v) is 3.56. The summed E-state index contributed by atoms with van der Waals surface area (Å²) < 4.78 is 26.2. The molecule has 2 aromatic rings. The van der Waals surface area contributed by atoms with Gasteiger partial charge in [-0.25, -0.2) is 8.42 Å². The fourth-order valence-electron chi connectivity index (χ4n) is 2.25. The molecule has 3 rings (SSSR count). The molecule has 1 N–H and O–H groups in total. The summed E-state index contributed by atoms with van der Waals surface area (Å²) in [6, 6.07) is 9.25. The van der Waals surface area contributed by atoms with Gasteiger partial charge in [0.1, 0.15) is 0 Å². The molecule has 16 heavy (non-hydrogen) atoms. The maximum Gasteiger partial charge on any atom is 0.262 e. The summed E-state index contributed by atoms with van der Waals surface area (Å²) in [5.74, 6) is 0. The average Bonchev–Trinajstić information content (AvgIpc) is 2.53. The topological polar surface area (TPSA) is 46.2 Å². The highest BCUT2D eigenvalue weighted by Crippen LogP contribution is 2.38. The van der Waals surface area contributed by atoms with E-state index < -0.39 is 10.0 Å². The van der Waals surface area contributed by atoms with E-state index in [9.17, 15) is 8.42 Å². The summed E-state index contributed by atoms with van der Waals surface area (Å²) in [6.07, 6.45) is 0.903. The Morgan fingerprint density at radius 2 is 2.00 bits per heavy atom. The molecule has 1 aliphatic heterocycles. The summed E-state index contributed by atoms with van der Waals surface area (Å²) in [4.78, 5) is 0.398. The van der Waals surface area contributed by atoms with E-state index >= 15 is 0 Å². The van der Waals surface area contributed by atoms with Gasteiger partial charge in [0.05, 0.1) is 10.6 Å². The Labute approximate surface area is 94.1 Å². The Kier molecular flexibility index (Phi) is 1.80. The SMILES string of the molecule is CCc1ccc2c3c(cccc13)NS2(=O)=O. The third-order valence-corrected chi connectivity index (χ3v) is 4.42. The van der Waals surface area contributed by atoms with E-state index in [0.717, 1.165) is 17.2 Å². The van der Waals surface area contributed by atoms with E-state index in [1.54, 1.807) is 12.1 Å². The van der Waals surface area contributed by atoms with Crippen LogP contribution in [0.4, 0.5) is 5.69 Å². The normalized spacial score (nSPS) is 16.3. The van der Waals surface area contributed by atoms with Crippen LogP contribution >= 0.6 is 0 Å². The minimum Gasteiger partial charge on any atom is -0.279 e. The van der Waals surface area contributed by atoms with Crippen LogP contribution in [0.2, 0.25) is 0 Å². The second-order valence-corrected chi connectivity index (χ2v) is 5.56. The van der Waals surface area contributed by atoms with Crippen molar-refractivity contribution in [2.24, 2.45) is 0 Å². The Morgan fingerprint density at radius 3 is 2.75 bits per heavy atom. The van der Waals surface area contributed by atoms with Crippen molar-refractivity contribution in [1.82, 2.24) is 0 Å². The maximum absolute atomic E-state index is 11.8. The first-order chi connectivity index (χ1) is 7.63. The molecular weight excluding hydrogens is 222 g/mol. The number of aryl methyl sites for hydroxylation is 1. The molecule has 0 bridgehead atoms. The van der Waals surface area contributed by atoms with Gasteiger partial charge in [-0.2, -0.15) is 0 Å². The molecule has 4 heteroatoms. The number of hydrogen-bond acceptors (Lipinski definition) is 2. The number of anilines is 1. The van der Waals surface area contributed by atoms with Crippen LogP contribution in [-0.4, -0.2) is 8.42 Å². The first-order valence-electron chi connectivity index (χ1n) is 5.21. The highest BCUT2D eigenvalue weighted by atomic mass is 32.2. The predicted molar refractivity (Wildman–Crippen MR) is 64.1 cm³/mol. The van der Waals surface area contributed by atoms with Crippen molar-refractivity contribution < 1.29 is 8.42 Å². The molecule has 0 atom stereocenters. The monoisotopic (exact) mass is 233 g/mol. The van der Waals surface area contributed by atoms with Crippen molar-refractivity contribution in [1.29, 1.82) is 0 Å². The first kappa shape index (κ1) is 9.66. The van der Waals surface area contributed by atoms with Gasteiger partial charge in [-0.05, 0) is 29.5 Å². The second kappa shape index (κ2) is 2.98. The van der Waals surface area contributed by atoms with Gasteiger partial charge in [0.2, 0.25) is 0 Å². The second-order valence-electron chi connectivity index (χ2n) is 3.91. The molecule has 2 aromatic carbocycles. The molecular formula is C12H11NO2S. The summed E-state index contributed by atoms with van der Waals surface area (Å²) in [5, 5.41) is 1.87. The van der Waals surface area contributed by atoms with Gasteiger partial charge < -0.3 is 0 Å². The van der Waals surface area contributed by atoms with Crippen molar-refractivity contribution in [2.45, 2.75) is 18.2 Å². The van der Waals surface area contributed by atoms with Crippen LogP contribution in [0.25, 0.3) is 10.8 Å².